The molecule has 0 amide bonds. The van der Waals surface area contributed by atoms with Gasteiger partial charge < -0.3 is 16.6 Å². The first-order valence-corrected chi connectivity index (χ1v) is 5.22. The first-order valence-electron chi connectivity index (χ1n) is 4.43. The van der Waals surface area contributed by atoms with Crippen molar-refractivity contribution < 1.29 is 5.11 Å². The van der Waals surface area contributed by atoms with Crippen molar-refractivity contribution in [2.75, 3.05) is 6.54 Å². The van der Waals surface area contributed by atoms with Crippen molar-refractivity contribution in [2.45, 2.75) is 19.9 Å². The summed E-state index contributed by atoms with van der Waals surface area (Å²) in [5, 5.41) is 9.85. The summed E-state index contributed by atoms with van der Waals surface area (Å²) in [6, 6.07) is 1.51. The molecule has 1 aromatic carbocycles. The van der Waals surface area contributed by atoms with E-state index in [2.05, 4.69) is 15.9 Å². The first kappa shape index (κ1) is 11.5. The molecule has 0 aromatic heterocycles. The van der Waals surface area contributed by atoms with Crippen LogP contribution in [0.1, 0.15) is 22.7 Å². The molecule has 4 heteroatoms. The molecule has 0 saturated carbocycles. The summed E-state index contributed by atoms with van der Waals surface area (Å²) in [4.78, 5) is 0. The van der Waals surface area contributed by atoms with Crippen LogP contribution in [0.15, 0.2) is 10.5 Å². The Morgan fingerprint density at radius 3 is 2.50 bits per heavy atom. The molecule has 0 radical (unpaired) electrons. The Bertz CT molecular complexity index is 352. The second-order valence-corrected chi connectivity index (χ2v) is 4.24. The van der Waals surface area contributed by atoms with E-state index >= 15 is 0 Å². The Hall–Kier alpha value is -0.580. The summed E-state index contributed by atoms with van der Waals surface area (Å²) >= 11 is 3.42. The lowest BCUT2D eigenvalue weighted by Gasteiger charge is -2.15. The number of rotatable bonds is 2. The highest BCUT2D eigenvalue weighted by atomic mass is 79.9. The van der Waals surface area contributed by atoms with Gasteiger partial charge in [-0.05, 0) is 31.0 Å². The summed E-state index contributed by atoms with van der Waals surface area (Å²) in [5.74, 6) is 0.253. The summed E-state index contributed by atoms with van der Waals surface area (Å²) in [6.45, 7) is 4.13. The van der Waals surface area contributed by atoms with E-state index in [1.165, 1.54) is 0 Å². The third kappa shape index (κ3) is 1.92. The lowest BCUT2D eigenvalue weighted by Crippen LogP contribution is -2.21. The molecule has 3 nitrogen and oxygen atoms in total. The fraction of sp³-hybridized carbons (Fsp3) is 0.400. The van der Waals surface area contributed by atoms with Crippen molar-refractivity contribution in [2.24, 2.45) is 11.5 Å². The molecule has 14 heavy (non-hydrogen) atoms. The molecule has 0 fully saturated rings. The number of halogens is 1. The number of aromatic hydroxyl groups is 1. The quantitative estimate of drug-likeness (QED) is 0.757. The maximum atomic E-state index is 9.85. The zero-order chi connectivity index (χ0) is 10.9. The monoisotopic (exact) mass is 258 g/mol. The summed E-state index contributed by atoms with van der Waals surface area (Å²) in [6.07, 6.45) is 0. The molecule has 0 heterocycles. The van der Waals surface area contributed by atoms with Crippen LogP contribution in [0.2, 0.25) is 0 Å². The van der Waals surface area contributed by atoms with Crippen LogP contribution in [0.3, 0.4) is 0 Å². The Balaban J connectivity index is 3.33. The largest absolute Gasteiger partial charge is 0.507 e. The van der Waals surface area contributed by atoms with Crippen LogP contribution in [-0.2, 0) is 0 Å². The van der Waals surface area contributed by atoms with Crippen molar-refractivity contribution in [1.29, 1.82) is 0 Å². The molecule has 0 spiro atoms. The van der Waals surface area contributed by atoms with Crippen LogP contribution in [0.25, 0.3) is 0 Å². The second-order valence-electron chi connectivity index (χ2n) is 3.39. The molecule has 0 aliphatic heterocycles. The van der Waals surface area contributed by atoms with Gasteiger partial charge in [-0.15, -0.1) is 0 Å². The van der Waals surface area contributed by atoms with E-state index < -0.39 is 0 Å². The topological polar surface area (TPSA) is 72.3 Å². The Morgan fingerprint density at radius 2 is 2.00 bits per heavy atom. The van der Waals surface area contributed by atoms with Crippen molar-refractivity contribution in [3.05, 3.63) is 27.2 Å². The van der Waals surface area contributed by atoms with Crippen LogP contribution in [0.4, 0.5) is 0 Å². The highest BCUT2D eigenvalue weighted by Crippen LogP contribution is 2.33. The lowest BCUT2D eigenvalue weighted by molar-refractivity contribution is 0.457. The van der Waals surface area contributed by atoms with Gasteiger partial charge >= 0.3 is 0 Å². The van der Waals surface area contributed by atoms with Gasteiger partial charge in [-0.1, -0.05) is 15.9 Å². The molecule has 1 atom stereocenters. The van der Waals surface area contributed by atoms with Gasteiger partial charge in [0.2, 0.25) is 0 Å². The molecule has 0 bridgehead atoms. The molecule has 1 aromatic rings. The van der Waals surface area contributed by atoms with Gasteiger partial charge in [-0.25, -0.2) is 0 Å². The predicted octanol–water partition coefficient (Wildman–Crippen LogP) is 1.73. The van der Waals surface area contributed by atoms with Crippen LogP contribution in [0.5, 0.6) is 5.75 Å². The average Bonchev–Trinajstić information content (AvgIpc) is 2.19. The van der Waals surface area contributed by atoms with E-state index in [4.69, 9.17) is 11.5 Å². The molecule has 0 unspecified atom stereocenters. The summed E-state index contributed by atoms with van der Waals surface area (Å²) in [7, 11) is 0. The van der Waals surface area contributed by atoms with Gasteiger partial charge in [-0.2, -0.15) is 0 Å². The van der Waals surface area contributed by atoms with Gasteiger partial charge in [0.15, 0.2) is 0 Å². The van der Waals surface area contributed by atoms with Gasteiger partial charge in [0.1, 0.15) is 5.75 Å². The normalized spacial score (nSPS) is 12.9. The van der Waals surface area contributed by atoms with Crippen molar-refractivity contribution >= 4 is 15.9 Å². The van der Waals surface area contributed by atoms with Crippen LogP contribution in [0, 0.1) is 13.8 Å². The molecule has 0 aliphatic rings. The smallest absolute Gasteiger partial charge is 0.123 e. The van der Waals surface area contributed by atoms with E-state index in [1.54, 1.807) is 0 Å². The molecule has 78 valence electrons. The third-order valence-corrected chi connectivity index (χ3v) is 3.31. The van der Waals surface area contributed by atoms with E-state index in [9.17, 15) is 5.11 Å². The van der Waals surface area contributed by atoms with E-state index in [0.29, 0.717) is 12.1 Å². The minimum atomic E-state index is -0.314. The van der Waals surface area contributed by atoms with Gasteiger partial charge in [-0.3, -0.25) is 0 Å². The van der Waals surface area contributed by atoms with Crippen molar-refractivity contribution in [3.8, 4) is 5.75 Å². The number of benzene rings is 1. The first-order chi connectivity index (χ1) is 6.49. The second kappa shape index (κ2) is 4.29. The number of nitrogens with two attached hydrogens (primary N) is 2. The predicted molar refractivity (Wildman–Crippen MR) is 61.3 cm³/mol. The van der Waals surface area contributed by atoms with E-state index in [0.717, 1.165) is 15.6 Å². The Kier molecular flexibility index (Phi) is 3.53. The van der Waals surface area contributed by atoms with Crippen molar-refractivity contribution in [1.82, 2.24) is 0 Å². The number of phenolic OH excluding ortho intramolecular Hbond substituents is 1. The molecule has 1 rings (SSSR count). The number of hydrogen-bond acceptors (Lipinski definition) is 3. The van der Waals surface area contributed by atoms with Gasteiger partial charge in [0, 0.05) is 22.6 Å². The molecular weight excluding hydrogens is 244 g/mol. The molecular formula is C10H15BrN2O. The minimum absolute atomic E-state index is 0.253. The SMILES string of the molecule is Cc1c(Br)cc([C@H](N)CN)c(O)c1C. The van der Waals surface area contributed by atoms with Gasteiger partial charge in [0.05, 0.1) is 0 Å². The Labute approximate surface area is 92.2 Å². The maximum Gasteiger partial charge on any atom is 0.123 e. The fourth-order valence-electron chi connectivity index (χ4n) is 1.30. The van der Waals surface area contributed by atoms with Crippen molar-refractivity contribution in [3.63, 3.8) is 0 Å². The maximum absolute atomic E-state index is 9.85. The third-order valence-electron chi connectivity index (χ3n) is 2.49. The molecule has 5 N–H and O–H groups in total. The Morgan fingerprint density at radius 1 is 1.43 bits per heavy atom. The zero-order valence-electron chi connectivity index (χ0n) is 8.34. The highest BCUT2D eigenvalue weighted by Gasteiger charge is 2.14. The molecule has 0 aliphatic carbocycles. The van der Waals surface area contributed by atoms with Gasteiger partial charge in [0.25, 0.3) is 0 Å². The number of hydrogen-bond donors (Lipinski definition) is 3. The van der Waals surface area contributed by atoms with Crippen LogP contribution >= 0.6 is 15.9 Å². The zero-order valence-corrected chi connectivity index (χ0v) is 9.93. The number of phenols is 1. The summed E-state index contributed by atoms with van der Waals surface area (Å²) < 4.78 is 0.951. The van der Waals surface area contributed by atoms with Crippen LogP contribution < -0.4 is 11.5 Å². The van der Waals surface area contributed by atoms with E-state index in [-0.39, 0.29) is 11.8 Å². The van der Waals surface area contributed by atoms with Crippen LogP contribution in [-0.4, -0.2) is 11.7 Å². The minimum Gasteiger partial charge on any atom is -0.507 e. The molecule has 0 saturated heterocycles. The lowest BCUT2D eigenvalue weighted by atomic mass is 10.00. The highest BCUT2D eigenvalue weighted by molar-refractivity contribution is 9.10. The van der Waals surface area contributed by atoms with E-state index in [1.807, 2.05) is 19.9 Å². The fourth-order valence-corrected chi connectivity index (χ4v) is 1.84. The standard InChI is InChI=1S/C10H15BrN2O/c1-5-6(2)10(14)7(3-8(5)11)9(13)4-12/h3,9,14H,4,12-13H2,1-2H3/t9-/m1/s1. The summed E-state index contributed by atoms with van der Waals surface area (Å²) in [5.41, 5.74) is 13.8. The average molecular weight is 259 g/mol.